The molecular formula is C9H15N3S. The zero-order valence-corrected chi connectivity index (χ0v) is 8.55. The lowest BCUT2D eigenvalue weighted by molar-refractivity contribution is 0.575. The summed E-state index contributed by atoms with van der Waals surface area (Å²) in [7, 11) is 0. The average Bonchev–Trinajstić information content (AvgIpc) is 2.19. The van der Waals surface area contributed by atoms with E-state index in [1.807, 2.05) is 24.5 Å². The Bertz CT molecular complexity index is 228. The highest BCUT2D eigenvalue weighted by atomic mass is 32.2. The molecule has 0 saturated carbocycles. The number of aromatic nitrogens is 1. The first-order chi connectivity index (χ1) is 6.36. The molecule has 0 aliphatic carbocycles. The normalized spacial score (nSPS) is 12.8. The molecule has 13 heavy (non-hydrogen) atoms. The van der Waals surface area contributed by atoms with Gasteiger partial charge in [0.15, 0.2) is 0 Å². The van der Waals surface area contributed by atoms with Crippen LogP contribution in [0.2, 0.25) is 0 Å². The fraction of sp³-hybridized carbons (Fsp3) is 0.444. The largest absolute Gasteiger partial charge is 0.271 e. The summed E-state index contributed by atoms with van der Waals surface area (Å²) in [5.74, 6) is 6.45. The molecule has 0 bridgehead atoms. The van der Waals surface area contributed by atoms with Gasteiger partial charge in [0.25, 0.3) is 0 Å². The number of pyridine rings is 1. The van der Waals surface area contributed by atoms with E-state index < -0.39 is 0 Å². The Morgan fingerprint density at radius 2 is 2.23 bits per heavy atom. The smallest absolute Gasteiger partial charge is 0.0341 e. The van der Waals surface area contributed by atoms with Crippen LogP contribution in [-0.2, 0) is 6.42 Å². The van der Waals surface area contributed by atoms with Crippen LogP contribution in [0.25, 0.3) is 0 Å². The maximum Gasteiger partial charge on any atom is 0.0341 e. The summed E-state index contributed by atoms with van der Waals surface area (Å²) in [4.78, 5) is 3.97. The molecule has 0 aromatic carbocycles. The van der Waals surface area contributed by atoms with Crippen LogP contribution in [-0.4, -0.2) is 23.0 Å². The van der Waals surface area contributed by atoms with E-state index in [9.17, 15) is 0 Å². The van der Waals surface area contributed by atoms with Crippen molar-refractivity contribution < 1.29 is 0 Å². The van der Waals surface area contributed by atoms with E-state index in [2.05, 4.69) is 16.7 Å². The van der Waals surface area contributed by atoms with Crippen molar-refractivity contribution in [3.05, 3.63) is 30.1 Å². The van der Waals surface area contributed by atoms with Crippen molar-refractivity contribution in [1.29, 1.82) is 0 Å². The molecule has 0 saturated heterocycles. The average molecular weight is 197 g/mol. The number of nitrogens with zero attached hydrogens (tertiary/aromatic N) is 1. The number of hydrazine groups is 1. The monoisotopic (exact) mass is 197 g/mol. The minimum absolute atomic E-state index is 0.345. The minimum Gasteiger partial charge on any atom is -0.271 e. The molecule has 1 atom stereocenters. The van der Waals surface area contributed by atoms with E-state index >= 15 is 0 Å². The number of nitrogens with two attached hydrogens (primary N) is 1. The summed E-state index contributed by atoms with van der Waals surface area (Å²) in [5, 5.41) is 0. The van der Waals surface area contributed by atoms with Crippen LogP contribution in [0, 0.1) is 0 Å². The first-order valence-electron chi connectivity index (χ1n) is 4.20. The summed E-state index contributed by atoms with van der Waals surface area (Å²) < 4.78 is 0. The third-order valence-electron chi connectivity index (χ3n) is 1.84. The number of thioether (sulfide) groups is 1. The predicted octanol–water partition coefficient (Wildman–Crippen LogP) is 0.819. The molecule has 0 spiro atoms. The van der Waals surface area contributed by atoms with Crippen molar-refractivity contribution in [2.24, 2.45) is 5.84 Å². The van der Waals surface area contributed by atoms with Gasteiger partial charge in [-0.25, -0.2) is 0 Å². The van der Waals surface area contributed by atoms with Gasteiger partial charge >= 0.3 is 0 Å². The van der Waals surface area contributed by atoms with E-state index in [0.29, 0.717) is 6.04 Å². The van der Waals surface area contributed by atoms with Crippen molar-refractivity contribution in [1.82, 2.24) is 10.4 Å². The first kappa shape index (κ1) is 10.5. The molecule has 0 aliphatic rings. The van der Waals surface area contributed by atoms with Crippen molar-refractivity contribution in [2.75, 3.05) is 12.0 Å². The van der Waals surface area contributed by atoms with Gasteiger partial charge in [0.2, 0.25) is 0 Å². The van der Waals surface area contributed by atoms with Crippen LogP contribution in [0.5, 0.6) is 0 Å². The van der Waals surface area contributed by atoms with Gasteiger partial charge in [0, 0.05) is 24.2 Å². The summed E-state index contributed by atoms with van der Waals surface area (Å²) in [6, 6.07) is 4.38. The molecule has 72 valence electrons. The molecule has 0 amide bonds. The van der Waals surface area contributed by atoms with E-state index in [-0.39, 0.29) is 0 Å². The Hall–Kier alpha value is -0.580. The molecule has 1 rings (SSSR count). The van der Waals surface area contributed by atoms with E-state index in [0.717, 1.165) is 12.2 Å². The molecule has 1 heterocycles. The molecule has 0 aliphatic heterocycles. The summed E-state index contributed by atoms with van der Waals surface area (Å²) in [5.41, 5.74) is 4.08. The lowest BCUT2D eigenvalue weighted by Crippen LogP contribution is -2.38. The van der Waals surface area contributed by atoms with Crippen LogP contribution in [0.15, 0.2) is 24.5 Å². The maximum atomic E-state index is 5.43. The molecular weight excluding hydrogens is 182 g/mol. The third kappa shape index (κ3) is 3.76. The zero-order valence-electron chi connectivity index (χ0n) is 7.73. The summed E-state index contributed by atoms with van der Waals surface area (Å²) >= 11 is 1.80. The zero-order chi connectivity index (χ0) is 9.52. The van der Waals surface area contributed by atoms with Gasteiger partial charge < -0.3 is 0 Å². The Kier molecular flexibility index (Phi) is 4.82. The lowest BCUT2D eigenvalue weighted by Gasteiger charge is -2.13. The maximum absolute atomic E-state index is 5.43. The van der Waals surface area contributed by atoms with Crippen LogP contribution < -0.4 is 11.3 Å². The van der Waals surface area contributed by atoms with Crippen molar-refractivity contribution in [3.63, 3.8) is 0 Å². The van der Waals surface area contributed by atoms with Crippen LogP contribution in [0.1, 0.15) is 5.56 Å². The quantitative estimate of drug-likeness (QED) is 0.542. The number of rotatable bonds is 5. The molecule has 1 unspecified atom stereocenters. The molecule has 0 fully saturated rings. The summed E-state index contributed by atoms with van der Waals surface area (Å²) in [6.45, 7) is 0. The molecule has 0 radical (unpaired) electrons. The van der Waals surface area contributed by atoms with Gasteiger partial charge in [-0.1, -0.05) is 0 Å². The highest BCUT2D eigenvalue weighted by Gasteiger charge is 2.05. The standard InChI is InChI=1S/C9H15N3S/c1-13-7-9(12-10)6-8-2-4-11-5-3-8/h2-5,9,12H,6-7,10H2,1H3. The Labute approximate surface area is 83.1 Å². The second-order valence-electron chi connectivity index (χ2n) is 2.88. The van der Waals surface area contributed by atoms with Crippen LogP contribution in [0.3, 0.4) is 0 Å². The van der Waals surface area contributed by atoms with Gasteiger partial charge in [-0.15, -0.1) is 0 Å². The molecule has 1 aromatic rings. The Morgan fingerprint density at radius 3 is 2.77 bits per heavy atom. The summed E-state index contributed by atoms with van der Waals surface area (Å²) in [6.07, 6.45) is 6.65. The molecule has 4 heteroatoms. The SMILES string of the molecule is CSCC(Cc1ccncc1)NN. The first-order valence-corrected chi connectivity index (χ1v) is 5.60. The van der Waals surface area contributed by atoms with E-state index in [1.165, 1.54) is 5.56 Å². The van der Waals surface area contributed by atoms with Crippen LogP contribution in [0.4, 0.5) is 0 Å². The topological polar surface area (TPSA) is 50.9 Å². The fourth-order valence-corrected chi connectivity index (χ4v) is 1.79. The number of hydrogen-bond acceptors (Lipinski definition) is 4. The lowest BCUT2D eigenvalue weighted by atomic mass is 10.1. The minimum atomic E-state index is 0.345. The number of nitrogens with one attached hydrogen (secondary N) is 1. The second-order valence-corrected chi connectivity index (χ2v) is 3.79. The Balaban J connectivity index is 2.46. The predicted molar refractivity (Wildman–Crippen MR) is 57.4 cm³/mol. The second kappa shape index (κ2) is 5.96. The van der Waals surface area contributed by atoms with Crippen molar-refractivity contribution >= 4 is 11.8 Å². The molecule has 1 aromatic heterocycles. The number of hydrogen-bond donors (Lipinski definition) is 2. The highest BCUT2D eigenvalue weighted by Crippen LogP contribution is 2.05. The van der Waals surface area contributed by atoms with Gasteiger partial charge in [-0.05, 0) is 30.4 Å². The van der Waals surface area contributed by atoms with Gasteiger partial charge in [-0.2, -0.15) is 11.8 Å². The van der Waals surface area contributed by atoms with Crippen LogP contribution >= 0.6 is 11.8 Å². The fourth-order valence-electron chi connectivity index (χ4n) is 1.17. The molecule has 3 nitrogen and oxygen atoms in total. The van der Waals surface area contributed by atoms with Gasteiger partial charge in [0.1, 0.15) is 0 Å². The van der Waals surface area contributed by atoms with Crippen molar-refractivity contribution in [3.8, 4) is 0 Å². The molecule has 3 N–H and O–H groups in total. The van der Waals surface area contributed by atoms with E-state index in [1.54, 1.807) is 11.8 Å². The highest BCUT2D eigenvalue weighted by molar-refractivity contribution is 7.98. The van der Waals surface area contributed by atoms with Crippen molar-refractivity contribution in [2.45, 2.75) is 12.5 Å². The third-order valence-corrected chi connectivity index (χ3v) is 2.57. The van der Waals surface area contributed by atoms with Gasteiger partial charge in [0.05, 0.1) is 0 Å². The van der Waals surface area contributed by atoms with Gasteiger partial charge in [-0.3, -0.25) is 16.3 Å². The Morgan fingerprint density at radius 1 is 1.54 bits per heavy atom. The van der Waals surface area contributed by atoms with E-state index in [4.69, 9.17) is 5.84 Å².